The van der Waals surface area contributed by atoms with Crippen LogP contribution in [0.2, 0.25) is 0 Å². The Morgan fingerprint density at radius 3 is 2.73 bits per heavy atom. The van der Waals surface area contributed by atoms with E-state index in [9.17, 15) is 4.79 Å². The van der Waals surface area contributed by atoms with E-state index in [0.717, 1.165) is 10.4 Å². The van der Waals surface area contributed by atoms with E-state index < -0.39 is 0 Å². The number of nitrogens with two attached hydrogens (primary N) is 1. The third-order valence-corrected chi connectivity index (χ3v) is 3.21. The maximum absolute atomic E-state index is 12.0. The van der Waals surface area contributed by atoms with E-state index >= 15 is 0 Å². The fraction of sp³-hybridized carbons (Fsp3) is 0.400. The summed E-state index contributed by atoms with van der Waals surface area (Å²) in [5.41, 5.74) is 6.45. The molecule has 1 amide bonds. The number of carbonyl (C=O) groups excluding carboxylic acids is 1. The Bertz CT molecular complexity index is 373. The number of hydrogen-bond acceptors (Lipinski definition) is 3. The fourth-order valence-corrected chi connectivity index (χ4v) is 2.30. The van der Waals surface area contributed by atoms with Crippen LogP contribution in [0.25, 0.3) is 0 Å². The van der Waals surface area contributed by atoms with Gasteiger partial charge in [0.2, 0.25) is 0 Å². The van der Waals surface area contributed by atoms with Gasteiger partial charge in [-0.25, -0.2) is 0 Å². The van der Waals surface area contributed by atoms with Crippen molar-refractivity contribution in [2.24, 2.45) is 5.73 Å². The summed E-state index contributed by atoms with van der Waals surface area (Å²) in [6, 6.07) is 1.94. The van der Waals surface area contributed by atoms with Gasteiger partial charge in [0.05, 0.1) is 16.4 Å². The summed E-state index contributed by atoms with van der Waals surface area (Å²) in [5, 5.41) is 1.91. The van der Waals surface area contributed by atoms with Crippen molar-refractivity contribution in [2.45, 2.75) is 13.8 Å². The van der Waals surface area contributed by atoms with Gasteiger partial charge in [-0.1, -0.05) is 12.2 Å². The van der Waals surface area contributed by atoms with Crippen molar-refractivity contribution in [1.82, 2.24) is 4.90 Å². The predicted molar refractivity (Wildman–Crippen MR) is 67.4 cm³/mol. The lowest BCUT2D eigenvalue weighted by atomic mass is 10.2. The molecule has 0 fully saturated rings. The zero-order chi connectivity index (χ0) is 11.4. The molecule has 0 aromatic carbocycles. The zero-order valence-electron chi connectivity index (χ0n) is 8.82. The molecule has 1 aromatic rings. The third kappa shape index (κ3) is 3.00. The molecule has 0 radical (unpaired) electrons. The maximum atomic E-state index is 12.0. The highest BCUT2D eigenvalue weighted by atomic mass is 32.1. The lowest BCUT2D eigenvalue weighted by Gasteiger charge is -2.19. The molecular formula is C10H14N2OS2. The van der Waals surface area contributed by atoms with Crippen LogP contribution in [0.4, 0.5) is 0 Å². The lowest BCUT2D eigenvalue weighted by Crippen LogP contribution is -2.37. The summed E-state index contributed by atoms with van der Waals surface area (Å²) in [4.78, 5) is 14.8. The van der Waals surface area contributed by atoms with Gasteiger partial charge >= 0.3 is 0 Å². The topological polar surface area (TPSA) is 46.3 Å². The monoisotopic (exact) mass is 242 g/mol. The van der Waals surface area contributed by atoms with Crippen LogP contribution in [0.1, 0.15) is 22.2 Å². The number of thiocarbonyl (C=S) groups is 1. The smallest absolute Gasteiger partial charge is 0.264 e. The van der Waals surface area contributed by atoms with Gasteiger partial charge in [0.25, 0.3) is 5.91 Å². The van der Waals surface area contributed by atoms with Crippen molar-refractivity contribution in [3.63, 3.8) is 0 Å². The first-order chi connectivity index (χ1) is 7.06. The van der Waals surface area contributed by atoms with Crippen molar-refractivity contribution >= 4 is 34.5 Å². The van der Waals surface area contributed by atoms with E-state index in [1.807, 2.05) is 25.3 Å². The third-order valence-electron chi connectivity index (χ3n) is 2.07. The van der Waals surface area contributed by atoms with Crippen LogP contribution >= 0.6 is 23.6 Å². The normalized spacial score (nSPS) is 10.0. The number of rotatable bonds is 4. The molecule has 0 saturated carbocycles. The average molecular weight is 242 g/mol. The highest BCUT2D eigenvalue weighted by Crippen LogP contribution is 2.17. The number of thiophene rings is 1. The van der Waals surface area contributed by atoms with E-state index in [1.54, 1.807) is 4.90 Å². The molecule has 0 saturated heterocycles. The molecule has 1 aromatic heterocycles. The SMILES string of the molecule is CCN(CC(N)=S)C(=O)c1sccc1C. The highest BCUT2D eigenvalue weighted by Gasteiger charge is 2.17. The second-order valence-corrected chi connectivity index (χ2v) is 4.66. The molecule has 0 aliphatic heterocycles. The first-order valence-electron chi connectivity index (χ1n) is 4.68. The molecular weight excluding hydrogens is 228 g/mol. The van der Waals surface area contributed by atoms with Crippen molar-refractivity contribution < 1.29 is 4.79 Å². The van der Waals surface area contributed by atoms with Gasteiger partial charge in [-0.3, -0.25) is 4.79 Å². The summed E-state index contributed by atoms with van der Waals surface area (Å²) in [5.74, 6) is 0.0119. The minimum Gasteiger partial charge on any atom is -0.392 e. The van der Waals surface area contributed by atoms with Crippen LogP contribution in [0.15, 0.2) is 11.4 Å². The minimum absolute atomic E-state index is 0.0119. The fourth-order valence-electron chi connectivity index (χ4n) is 1.25. The van der Waals surface area contributed by atoms with Gasteiger partial charge in [-0.2, -0.15) is 0 Å². The molecule has 0 aliphatic carbocycles. The summed E-state index contributed by atoms with van der Waals surface area (Å²) in [6.45, 7) is 4.81. The molecule has 15 heavy (non-hydrogen) atoms. The molecule has 0 atom stereocenters. The van der Waals surface area contributed by atoms with Crippen LogP contribution < -0.4 is 5.73 Å². The molecule has 1 heterocycles. The number of nitrogens with zero attached hydrogens (tertiary/aromatic N) is 1. The van der Waals surface area contributed by atoms with Gasteiger partial charge in [0.15, 0.2) is 0 Å². The molecule has 0 bridgehead atoms. The molecule has 0 aliphatic rings. The molecule has 82 valence electrons. The molecule has 1 rings (SSSR count). The number of aryl methyl sites for hydroxylation is 1. The second kappa shape index (κ2) is 5.23. The summed E-state index contributed by atoms with van der Waals surface area (Å²) in [7, 11) is 0. The first-order valence-corrected chi connectivity index (χ1v) is 5.96. The minimum atomic E-state index is 0.0119. The van der Waals surface area contributed by atoms with E-state index in [2.05, 4.69) is 0 Å². The Kier molecular flexibility index (Phi) is 4.23. The van der Waals surface area contributed by atoms with Crippen molar-refractivity contribution in [2.75, 3.05) is 13.1 Å². The number of hydrogen-bond donors (Lipinski definition) is 1. The summed E-state index contributed by atoms with van der Waals surface area (Å²) < 4.78 is 0. The van der Waals surface area contributed by atoms with Crippen LogP contribution in [-0.2, 0) is 0 Å². The zero-order valence-corrected chi connectivity index (χ0v) is 10.5. The van der Waals surface area contributed by atoms with E-state index in [-0.39, 0.29) is 5.91 Å². The molecule has 3 nitrogen and oxygen atoms in total. The standard InChI is InChI=1S/C10H14N2OS2/c1-3-12(6-8(11)14)10(13)9-7(2)4-5-15-9/h4-5H,3,6H2,1-2H3,(H2,11,14). The van der Waals surface area contributed by atoms with Gasteiger partial charge < -0.3 is 10.6 Å². The number of amides is 1. The van der Waals surface area contributed by atoms with Crippen LogP contribution in [0.5, 0.6) is 0 Å². The average Bonchev–Trinajstić information content (AvgIpc) is 2.59. The molecule has 0 spiro atoms. The van der Waals surface area contributed by atoms with Gasteiger partial charge in [0, 0.05) is 6.54 Å². The van der Waals surface area contributed by atoms with Crippen LogP contribution in [-0.4, -0.2) is 28.9 Å². The van der Waals surface area contributed by atoms with E-state index in [1.165, 1.54) is 11.3 Å². The van der Waals surface area contributed by atoms with E-state index in [4.69, 9.17) is 18.0 Å². The van der Waals surface area contributed by atoms with E-state index in [0.29, 0.717) is 18.1 Å². The van der Waals surface area contributed by atoms with Crippen LogP contribution in [0, 0.1) is 6.92 Å². The predicted octanol–water partition coefficient (Wildman–Crippen LogP) is 1.80. The largest absolute Gasteiger partial charge is 0.392 e. The Morgan fingerprint density at radius 1 is 1.67 bits per heavy atom. The van der Waals surface area contributed by atoms with Crippen LogP contribution in [0.3, 0.4) is 0 Å². The van der Waals surface area contributed by atoms with Crippen molar-refractivity contribution in [3.8, 4) is 0 Å². The Labute approximate surface area is 98.9 Å². The molecule has 5 heteroatoms. The van der Waals surface area contributed by atoms with Gasteiger partial charge in [-0.05, 0) is 30.9 Å². The van der Waals surface area contributed by atoms with Gasteiger partial charge in [0.1, 0.15) is 0 Å². The van der Waals surface area contributed by atoms with Crippen molar-refractivity contribution in [3.05, 3.63) is 21.9 Å². The Morgan fingerprint density at radius 2 is 2.33 bits per heavy atom. The maximum Gasteiger partial charge on any atom is 0.264 e. The number of carbonyl (C=O) groups is 1. The Hall–Kier alpha value is -0.940. The highest BCUT2D eigenvalue weighted by molar-refractivity contribution is 7.80. The molecule has 0 unspecified atom stereocenters. The first kappa shape index (κ1) is 12.1. The lowest BCUT2D eigenvalue weighted by molar-refractivity contribution is 0.0792. The summed E-state index contributed by atoms with van der Waals surface area (Å²) in [6.07, 6.45) is 0. The van der Waals surface area contributed by atoms with Crippen molar-refractivity contribution in [1.29, 1.82) is 0 Å². The second-order valence-electron chi connectivity index (χ2n) is 3.22. The Balaban J connectivity index is 2.82. The number of likely N-dealkylation sites (N-methyl/N-ethyl adjacent to an activating group) is 1. The molecule has 2 N–H and O–H groups in total. The summed E-state index contributed by atoms with van der Waals surface area (Å²) >= 11 is 6.26. The van der Waals surface area contributed by atoms with Gasteiger partial charge in [-0.15, -0.1) is 11.3 Å². The quantitative estimate of drug-likeness (QED) is 0.819.